The van der Waals surface area contributed by atoms with E-state index >= 15 is 0 Å². The smallest absolute Gasteiger partial charge is 0.130 e. The van der Waals surface area contributed by atoms with Crippen LogP contribution in [-0.4, -0.2) is 17.6 Å². The van der Waals surface area contributed by atoms with Crippen molar-refractivity contribution in [2.45, 2.75) is 18.9 Å². The molecule has 1 aliphatic carbocycles. The second-order valence-corrected chi connectivity index (χ2v) is 4.64. The van der Waals surface area contributed by atoms with Crippen molar-refractivity contribution in [2.75, 3.05) is 6.54 Å². The van der Waals surface area contributed by atoms with Gasteiger partial charge in [-0.3, -0.25) is 4.98 Å². The summed E-state index contributed by atoms with van der Waals surface area (Å²) < 4.78 is 6.00. The Bertz CT molecular complexity index is 515. The Morgan fingerprint density at radius 1 is 1.24 bits per heavy atom. The fourth-order valence-electron chi connectivity index (χ4n) is 2.32. The van der Waals surface area contributed by atoms with E-state index in [4.69, 9.17) is 10.5 Å². The lowest BCUT2D eigenvalue weighted by Gasteiger charge is -2.34. The number of fused-ring (bicyclic) bond motifs is 1. The zero-order valence-corrected chi connectivity index (χ0v) is 9.67. The lowest BCUT2D eigenvalue weighted by atomic mass is 9.82. The van der Waals surface area contributed by atoms with Crippen LogP contribution < -0.4 is 10.5 Å². The molecule has 0 amide bonds. The van der Waals surface area contributed by atoms with Crippen molar-refractivity contribution in [3.05, 3.63) is 36.5 Å². The molecule has 0 aliphatic heterocycles. The van der Waals surface area contributed by atoms with Crippen LogP contribution in [0.4, 0.5) is 0 Å². The van der Waals surface area contributed by atoms with Crippen molar-refractivity contribution in [2.24, 2.45) is 11.7 Å². The molecule has 0 saturated heterocycles. The van der Waals surface area contributed by atoms with E-state index in [1.165, 1.54) is 0 Å². The molecule has 2 aromatic rings. The number of nitrogens with zero attached hydrogens (tertiary/aromatic N) is 1. The Morgan fingerprint density at radius 2 is 2.06 bits per heavy atom. The van der Waals surface area contributed by atoms with E-state index in [-0.39, 0.29) is 0 Å². The van der Waals surface area contributed by atoms with Crippen molar-refractivity contribution in [1.82, 2.24) is 4.98 Å². The van der Waals surface area contributed by atoms with Crippen molar-refractivity contribution in [3.63, 3.8) is 0 Å². The number of ether oxygens (including phenoxy) is 1. The van der Waals surface area contributed by atoms with Gasteiger partial charge in [0.15, 0.2) is 0 Å². The molecule has 0 spiro atoms. The molecule has 1 heterocycles. The predicted molar refractivity (Wildman–Crippen MR) is 67.9 cm³/mol. The number of aromatic nitrogens is 1. The van der Waals surface area contributed by atoms with Gasteiger partial charge < -0.3 is 10.5 Å². The average Bonchev–Trinajstić information content (AvgIpc) is 2.33. The van der Waals surface area contributed by atoms with Gasteiger partial charge in [-0.25, -0.2) is 0 Å². The van der Waals surface area contributed by atoms with Gasteiger partial charge in [0.05, 0.1) is 11.6 Å². The highest BCUT2D eigenvalue weighted by Gasteiger charge is 2.29. The summed E-state index contributed by atoms with van der Waals surface area (Å²) in [5, 5.41) is 1.09. The number of para-hydroxylation sites is 1. The van der Waals surface area contributed by atoms with Gasteiger partial charge in [-0.1, -0.05) is 12.1 Å². The Kier molecular flexibility index (Phi) is 2.69. The van der Waals surface area contributed by atoms with Gasteiger partial charge in [0.2, 0.25) is 0 Å². The van der Waals surface area contributed by atoms with Crippen molar-refractivity contribution >= 4 is 10.9 Å². The molecule has 1 fully saturated rings. The van der Waals surface area contributed by atoms with Gasteiger partial charge in [-0.05, 0) is 43.5 Å². The highest BCUT2D eigenvalue weighted by atomic mass is 16.5. The van der Waals surface area contributed by atoms with Crippen molar-refractivity contribution in [3.8, 4) is 5.75 Å². The molecule has 0 atom stereocenters. The molecule has 17 heavy (non-hydrogen) atoms. The molecular formula is C14H16N2O. The molecule has 1 saturated carbocycles. The summed E-state index contributed by atoms with van der Waals surface area (Å²) in [5.41, 5.74) is 6.60. The number of rotatable bonds is 3. The Balaban J connectivity index is 1.81. The largest absolute Gasteiger partial charge is 0.490 e. The summed E-state index contributed by atoms with van der Waals surface area (Å²) in [7, 11) is 0. The molecule has 0 bridgehead atoms. The van der Waals surface area contributed by atoms with E-state index in [0.29, 0.717) is 12.0 Å². The van der Waals surface area contributed by atoms with Gasteiger partial charge >= 0.3 is 0 Å². The maximum absolute atomic E-state index is 6.00. The zero-order valence-electron chi connectivity index (χ0n) is 9.67. The quantitative estimate of drug-likeness (QED) is 0.877. The van der Waals surface area contributed by atoms with Crippen LogP contribution in [0.25, 0.3) is 10.9 Å². The molecule has 3 nitrogen and oxygen atoms in total. The Morgan fingerprint density at radius 3 is 2.88 bits per heavy atom. The normalized spacial score (nSPS) is 23.4. The first-order chi connectivity index (χ1) is 8.36. The third-order valence-corrected chi connectivity index (χ3v) is 3.43. The number of nitrogens with two attached hydrogens (primary N) is 1. The SMILES string of the molecule is NCC1CC(Oc2ccnc3ccccc23)C1. The number of hydrogen-bond donors (Lipinski definition) is 1. The van der Waals surface area contributed by atoms with E-state index in [9.17, 15) is 0 Å². The van der Waals surface area contributed by atoms with E-state index in [2.05, 4.69) is 11.1 Å². The van der Waals surface area contributed by atoms with Crippen LogP contribution in [0.5, 0.6) is 5.75 Å². The van der Waals surface area contributed by atoms with E-state index < -0.39 is 0 Å². The van der Waals surface area contributed by atoms with E-state index in [1.54, 1.807) is 6.20 Å². The van der Waals surface area contributed by atoms with Crippen LogP contribution in [-0.2, 0) is 0 Å². The maximum Gasteiger partial charge on any atom is 0.130 e. The van der Waals surface area contributed by atoms with Gasteiger partial charge in [0.25, 0.3) is 0 Å². The number of hydrogen-bond acceptors (Lipinski definition) is 3. The molecule has 88 valence electrons. The fourth-order valence-corrected chi connectivity index (χ4v) is 2.32. The average molecular weight is 228 g/mol. The van der Waals surface area contributed by atoms with Crippen LogP contribution in [0, 0.1) is 5.92 Å². The molecule has 3 rings (SSSR count). The van der Waals surface area contributed by atoms with Crippen LogP contribution in [0.15, 0.2) is 36.5 Å². The summed E-state index contributed by atoms with van der Waals surface area (Å²) in [5.74, 6) is 1.59. The summed E-state index contributed by atoms with van der Waals surface area (Å²) in [4.78, 5) is 4.32. The Labute approximate surface area is 101 Å². The van der Waals surface area contributed by atoms with Gasteiger partial charge in [0.1, 0.15) is 5.75 Å². The molecule has 2 N–H and O–H groups in total. The summed E-state index contributed by atoms with van der Waals surface area (Å²) in [6, 6.07) is 10.0. The van der Waals surface area contributed by atoms with Crippen molar-refractivity contribution in [1.29, 1.82) is 0 Å². The molecule has 1 aliphatic rings. The minimum absolute atomic E-state index is 0.328. The summed E-state index contributed by atoms with van der Waals surface area (Å²) >= 11 is 0. The first-order valence-electron chi connectivity index (χ1n) is 6.07. The van der Waals surface area contributed by atoms with Gasteiger partial charge in [0, 0.05) is 11.6 Å². The predicted octanol–water partition coefficient (Wildman–Crippen LogP) is 2.35. The van der Waals surface area contributed by atoms with Crippen LogP contribution in [0.3, 0.4) is 0 Å². The number of pyridine rings is 1. The van der Waals surface area contributed by atoms with Crippen LogP contribution >= 0.6 is 0 Å². The maximum atomic E-state index is 6.00. The highest BCUT2D eigenvalue weighted by molar-refractivity contribution is 5.84. The summed E-state index contributed by atoms with van der Waals surface area (Å²) in [6.07, 6.45) is 4.28. The third kappa shape index (κ3) is 1.98. The second-order valence-electron chi connectivity index (χ2n) is 4.64. The first-order valence-corrected chi connectivity index (χ1v) is 6.07. The molecular weight excluding hydrogens is 212 g/mol. The zero-order chi connectivity index (χ0) is 11.7. The Hall–Kier alpha value is -1.61. The number of benzene rings is 1. The highest BCUT2D eigenvalue weighted by Crippen LogP contribution is 2.33. The summed E-state index contributed by atoms with van der Waals surface area (Å²) in [6.45, 7) is 0.775. The van der Waals surface area contributed by atoms with Crippen molar-refractivity contribution < 1.29 is 4.74 Å². The van der Waals surface area contributed by atoms with Gasteiger partial charge in [-0.2, -0.15) is 0 Å². The van der Waals surface area contributed by atoms with E-state index in [0.717, 1.165) is 36.0 Å². The monoisotopic (exact) mass is 228 g/mol. The fraction of sp³-hybridized carbons (Fsp3) is 0.357. The van der Waals surface area contributed by atoms with Gasteiger partial charge in [-0.15, -0.1) is 0 Å². The van der Waals surface area contributed by atoms with Crippen LogP contribution in [0.2, 0.25) is 0 Å². The topological polar surface area (TPSA) is 48.1 Å². The lowest BCUT2D eigenvalue weighted by Crippen LogP contribution is -2.37. The molecule has 3 heteroatoms. The first kappa shape index (κ1) is 10.5. The molecule has 0 radical (unpaired) electrons. The molecule has 0 unspecified atom stereocenters. The van der Waals surface area contributed by atoms with E-state index in [1.807, 2.05) is 24.3 Å². The third-order valence-electron chi connectivity index (χ3n) is 3.43. The van der Waals surface area contributed by atoms with Crippen LogP contribution in [0.1, 0.15) is 12.8 Å². The lowest BCUT2D eigenvalue weighted by molar-refractivity contribution is 0.0704. The minimum Gasteiger partial charge on any atom is -0.490 e. The molecule has 1 aromatic heterocycles. The molecule has 1 aromatic carbocycles. The standard InChI is InChI=1S/C14H16N2O/c15-9-10-7-11(8-10)17-14-5-6-16-13-4-2-1-3-12(13)14/h1-6,10-11H,7-9,15H2. The second kappa shape index (κ2) is 4.34. The minimum atomic E-state index is 0.328.